The average molecular weight is 342 g/mol. The fraction of sp³-hybridized carbons (Fsp3) is 0.333. The van der Waals surface area contributed by atoms with Crippen LogP contribution in [-0.2, 0) is 10.0 Å². The highest BCUT2D eigenvalue weighted by Crippen LogP contribution is 2.34. The molecule has 1 atom stereocenters. The Bertz CT molecular complexity index is 1070. The van der Waals surface area contributed by atoms with Gasteiger partial charge in [0.05, 0.1) is 18.0 Å². The van der Waals surface area contributed by atoms with Crippen LogP contribution in [0.5, 0.6) is 0 Å². The lowest BCUT2D eigenvalue weighted by atomic mass is 9.98. The van der Waals surface area contributed by atoms with Crippen LogP contribution in [0.3, 0.4) is 0 Å². The molecule has 24 heavy (non-hydrogen) atoms. The van der Waals surface area contributed by atoms with Crippen LogP contribution in [0.15, 0.2) is 24.7 Å². The Kier molecular flexibility index (Phi) is 3.44. The number of nitrogens with one attached hydrogen (secondary N) is 1. The van der Waals surface area contributed by atoms with Crippen LogP contribution in [0.25, 0.3) is 21.8 Å². The lowest BCUT2D eigenvalue weighted by Crippen LogP contribution is -2.30. The van der Waals surface area contributed by atoms with E-state index in [1.54, 1.807) is 18.5 Å². The first-order valence-electron chi connectivity index (χ1n) is 7.52. The van der Waals surface area contributed by atoms with E-state index in [1.807, 2.05) is 12.3 Å². The summed E-state index contributed by atoms with van der Waals surface area (Å²) in [6.07, 6.45) is 5.88. The molecule has 0 spiro atoms. The minimum absolute atomic E-state index is 0.0461. The van der Waals surface area contributed by atoms with Crippen molar-refractivity contribution in [2.24, 2.45) is 0 Å². The molecule has 3 aromatic rings. The van der Waals surface area contributed by atoms with Gasteiger partial charge in [0, 0.05) is 47.6 Å². The molecule has 0 bridgehead atoms. The number of nitriles is 1. The lowest BCUT2D eigenvalue weighted by Gasteiger charge is -2.15. The highest BCUT2D eigenvalue weighted by atomic mass is 32.2. The zero-order valence-corrected chi connectivity index (χ0v) is 13.5. The number of hydrogen-bond acceptors (Lipinski definition) is 6. The molecule has 1 saturated heterocycles. The summed E-state index contributed by atoms with van der Waals surface area (Å²) in [5.74, 6) is -0.539. The number of aromatic nitrogens is 4. The number of sulfonamides is 1. The van der Waals surface area contributed by atoms with Gasteiger partial charge in [0.15, 0.2) is 5.75 Å². The predicted octanol–water partition coefficient (Wildman–Crippen LogP) is 1.15. The summed E-state index contributed by atoms with van der Waals surface area (Å²) in [7, 11) is -3.53. The van der Waals surface area contributed by atoms with Gasteiger partial charge < -0.3 is 4.98 Å². The summed E-state index contributed by atoms with van der Waals surface area (Å²) in [5, 5.41) is 19.8. The molecular formula is C15H14N6O2S. The van der Waals surface area contributed by atoms with Crippen LogP contribution in [-0.4, -0.2) is 51.7 Å². The summed E-state index contributed by atoms with van der Waals surface area (Å²) in [4.78, 5) is 7.43. The van der Waals surface area contributed by atoms with Crippen LogP contribution in [0, 0.1) is 11.3 Å². The molecule has 1 aliphatic heterocycles. The van der Waals surface area contributed by atoms with Gasteiger partial charge >= 0.3 is 0 Å². The Morgan fingerprint density at radius 3 is 3.12 bits per heavy atom. The largest absolute Gasteiger partial charge is 0.346 e. The van der Waals surface area contributed by atoms with Crippen molar-refractivity contribution in [2.45, 2.75) is 12.3 Å². The zero-order valence-electron chi connectivity index (χ0n) is 12.7. The van der Waals surface area contributed by atoms with Crippen molar-refractivity contribution in [1.29, 1.82) is 5.26 Å². The summed E-state index contributed by atoms with van der Waals surface area (Å²) < 4.78 is 25.6. The molecule has 1 fully saturated rings. The molecule has 4 heterocycles. The normalized spacial score (nSPS) is 19.0. The van der Waals surface area contributed by atoms with E-state index >= 15 is 0 Å². The van der Waals surface area contributed by atoms with E-state index in [1.165, 1.54) is 4.31 Å². The second-order valence-corrected chi connectivity index (χ2v) is 7.79. The van der Waals surface area contributed by atoms with E-state index in [0.29, 0.717) is 19.5 Å². The molecule has 0 amide bonds. The van der Waals surface area contributed by atoms with Crippen LogP contribution >= 0.6 is 0 Å². The first-order chi connectivity index (χ1) is 11.6. The van der Waals surface area contributed by atoms with Gasteiger partial charge in [0.25, 0.3) is 0 Å². The zero-order chi connectivity index (χ0) is 16.7. The van der Waals surface area contributed by atoms with Crippen molar-refractivity contribution in [3.63, 3.8) is 0 Å². The van der Waals surface area contributed by atoms with Gasteiger partial charge in [-0.2, -0.15) is 15.5 Å². The van der Waals surface area contributed by atoms with Gasteiger partial charge in [-0.05, 0) is 12.5 Å². The van der Waals surface area contributed by atoms with E-state index in [9.17, 15) is 8.42 Å². The number of fused-ring (bicyclic) bond motifs is 3. The minimum atomic E-state index is -3.53. The smallest absolute Gasteiger partial charge is 0.227 e. The number of pyridine rings is 1. The summed E-state index contributed by atoms with van der Waals surface area (Å²) in [6, 6.07) is 3.66. The maximum atomic E-state index is 12.1. The molecule has 0 radical (unpaired) electrons. The number of aromatic amines is 1. The van der Waals surface area contributed by atoms with Crippen molar-refractivity contribution >= 4 is 31.8 Å². The van der Waals surface area contributed by atoms with Crippen LogP contribution in [0.4, 0.5) is 0 Å². The molecule has 9 heteroatoms. The summed E-state index contributed by atoms with van der Waals surface area (Å²) in [6.45, 7) is 0.722. The number of H-pyrrole nitrogens is 1. The highest BCUT2D eigenvalue weighted by molar-refractivity contribution is 7.89. The molecule has 3 aromatic heterocycles. The number of hydrogen-bond donors (Lipinski definition) is 1. The predicted molar refractivity (Wildman–Crippen MR) is 87.5 cm³/mol. The molecule has 0 saturated carbocycles. The van der Waals surface area contributed by atoms with Gasteiger partial charge in [-0.25, -0.2) is 17.7 Å². The van der Waals surface area contributed by atoms with Gasteiger partial charge in [-0.1, -0.05) is 0 Å². The van der Waals surface area contributed by atoms with Crippen LogP contribution in [0.2, 0.25) is 0 Å². The van der Waals surface area contributed by atoms with Gasteiger partial charge in [-0.15, -0.1) is 0 Å². The lowest BCUT2D eigenvalue weighted by molar-refractivity contribution is 0.475. The molecule has 1 unspecified atom stereocenters. The van der Waals surface area contributed by atoms with Gasteiger partial charge in [-0.3, -0.25) is 0 Å². The van der Waals surface area contributed by atoms with Gasteiger partial charge in [0.2, 0.25) is 10.0 Å². The second kappa shape index (κ2) is 5.51. The van der Waals surface area contributed by atoms with Crippen LogP contribution in [0.1, 0.15) is 18.0 Å². The fourth-order valence-electron chi connectivity index (χ4n) is 3.27. The fourth-order valence-corrected chi connectivity index (χ4v) is 4.41. The maximum Gasteiger partial charge on any atom is 0.227 e. The van der Waals surface area contributed by atoms with E-state index in [2.05, 4.69) is 20.2 Å². The third kappa shape index (κ3) is 2.31. The number of rotatable bonds is 3. The standard InChI is InChI=1S/C15H14N6O2S/c16-3-6-24(22,23)21-5-2-10(9-21)14-13-11(8-19-20-14)7-18-15-12(13)1-4-17-15/h1,4,7-8,10H,2,5-6,9H2,(H,17,18). The summed E-state index contributed by atoms with van der Waals surface area (Å²) >= 11 is 0. The third-order valence-electron chi connectivity index (χ3n) is 4.41. The molecule has 1 aliphatic rings. The quantitative estimate of drug-likeness (QED) is 0.763. The average Bonchev–Trinajstić information content (AvgIpc) is 3.23. The Morgan fingerprint density at radius 1 is 1.42 bits per heavy atom. The maximum absolute atomic E-state index is 12.1. The van der Waals surface area contributed by atoms with Crippen LogP contribution < -0.4 is 0 Å². The molecule has 0 aromatic carbocycles. The second-order valence-electron chi connectivity index (χ2n) is 5.82. The molecule has 0 aliphatic carbocycles. The SMILES string of the molecule is N#CCS(=O)(=O)N1CCC(c2nncc3cnc4[nH]ccc4c23)C1. The third-order valence-corrected chi connectivity index (χ3v) is 6.02. The molecule has 1 N–H and O–H groups in total. The Hall–Kier alpha value is -2.57. The Morgan fingerprint density at radius 2 is 2.29 bits per heavy atom. The topological polar surface area (TPSA) is 116 Å². The van der Waals surface area contributed by atoms with Crippen molar-refractivity contribution in [1.82, 2.24) is 24.5 Å². The highest BCUT2D eigenvalue weighted by Gasteiger charge is 2.33. The Balaban J connectivity index is 1.78. The van der Waals surface area contributed by atoms with Crippen molar-refractivity contribution in [2.75, 3.05) is 18.8 Å². The van der Waals surface area contributed by atoms with E-state index in [0.717, 1.165) is 27.5 Å². The molecule has 8 nitrogen and oxygen atoms in total. The number of nitrogens with zero attached hydrogens (tertiary/aromatic N) is 5. The van der Waals surface area contributed by atoms with Crippen molar-refractivity contribution in [3.8, 4) is 6.07 Å². The summed E-state index contributed by atoms with van der Waals surface area (Å²) in [5.41, 5.74) is 1.55. The Labute approximate surface area is 138 Å². The molecule has 122 valence electrons. The van der Waals surface area contributed by atoms with Crippen molar-refractivity contribution < 1.29 is 8.42 Å². The minimum Gasteiger partial charge on any atom is -0.346 e. The van der Waals surface area contributed by atoms with Crippen molar-refractivity contribution in [3.05, 3.63) is 30.4 Å². The monoisotopic (exact) mass is 342 g/mol. The van der Waals surface area contributed by atoms with E-state index in [-0.39, 0.29) is 5.92 Å². The van der Waals surface area contributed by atoms with E-state index in [4.69, 9.17) is 5.26 Å². The molecular weight excluding hydrogens is 328 g/mol. The first kappa shape index (κ1) is 15.0. The first-order valence-corrected chi connectivity index (χ1v) is 9.13. The van der Waals surface area contributed by atoms with E-state index < -0.39 is 15.8 Å². The van der Waals surface area contributed by atoms with Gasteiger partial charge in [0.1, 0.15) is 5.65 Å². The molecule has 4 rings (SSSR count).